The van der Waals surface area contributed by atoms with Gasteiger partial charge < -0.3 is 24.2 Å². The van der Waals surface area contributed by atoms with E-state index in [2.05, 4.69) is 0 Å². The lowest BCUT2D eigenvalue weighted by atomic mass is 9.99. The van der Waals surface area contributed by atoms with Crippen LogP contribution in [0.5, 0.6) is 11.5 Å². The Morgan fingerprint density at radius 2 is 1.84 bits per heavy atom. The molecule has 2 amide bonds. The highest BCUT2D eigenvalue weighted by molar-refractivity contribution is 6.02. The van der Waals surface area contributed by atoms with Crippen LogP contribution in [-0.2, 0) is 20.9 Å². The first-order valence-corrected chi connectivity index (χ1v) is 13.9. The Balaban J connectivity index is 1.99. The van der Waals surface area contributed by atoms with Crippen molar-refractivity contribution in [3.8, 4) is 11.5 Å². The van der Waals surface area contributed by atoms with E-state index in [0.717, 1.165) is 5.06 Å². The maximum absolute atomic E-state index is 13.7. The van der Waals surface area contributed by atoms with E-state index < -0.39 is 40.1 Å². The minimum Gasteiger partial charge on any atom is -0.493 e. The van der Waals surface area contributed by atoms with Gasteiger partial charge in [0.15, 0.2) is 11.5 Å². The second kappa shape index (κ2) is 13.3. The van der Waals surface area contributed by atoms with Crippen LogP contribution in [-0.4, -0.2) is 69.4 Å². The predicted molar refractivity (Wildman–Crippen MR) is 155 cm³/mol. The molecule has 13 heteroatoms. The van der Waals surface area contributed by atoms with Gasteiger partial charge in [0, 0.05) is 19.0 Å². The second-order valence-electron chi connectivity index (χ2n) is 11.7. The molecular weight excluding hydrogens is 562 g/mol. The number of carbonyl (C=O) groups is 3. The molecule has 0 radical (unpaired) electrons. The Morgan fingerprint density at radius 3 is 2.42 bits per heavy atom. The first-order valence-electron chi connectivity index (χ1n) is 13.9. The zero-order valence-corrected chi connectivity index (χ0v) is 25.5. The Labute approximate surface area is 250 Å². The van der Waals surface area contributed by atoms with Crippen LogP contribution in [0.1, 0.15) is 81.9 Å². The number of hydroxylamine groups is 2. The monoisotopic (exact) mass is 601 g/mol. The highest BCUT2D eigenvalue weighted by Gasteiger charge is 2.39. The zero-order chi connectivity index (χ0) is 32.1. The molecular formula is C30H39N3O10. The summed E-state index contributed by atoms with van der Waals surface area (Å²) in [6, 6.07) is 9.01. The van der Waals surface area contributed by atoms with Crippen LogP contribution in [0.2, 0.25) is 0 Å². The van der Waals surface area contributed by atoms with Crippen molar-refractivity contribution >= 4 is 23.7 Å². The minimum atomic E-state index is -1.49. The fraction of sp³-hybridized carbons (Fsp3) is 0.500. The number of hydrogen-bond donors (Lipinski definition) is 1. The third-order valence-corrected chi connectivity index (χ3v) is 6.57. The van der Waals surface area contributed by atoms with Crippen molar-refractivity contribution in [3.05, 3.63) is 63.2 Å². The van der Waals surface area contributed by atoms with E-state index in [9.17, 15) is 24.5 Å². The predicted octanol–water partition coefficient (Wildman–Crippen LogP) is 5.51. The first-order chi connectivity index (χ1) is 20.1. The molecule has 2 aromatic rings. The average molecular weight is 602 g/mol. The highest BCUT2D eigenvalue weighted by atomic mass is 16.7. The highest BCUT2D eigenvalue weighted by Crippen LogP contribution is 2.40. The molecule has 1 aliphatic heterocycles. The fourth-order valence-electron chi connectivity index (χ4n) is 4.94. The molecule has 13 nitrogen and oxygen atoms in total. The van der Waals surface area contributed by atoms with Gasteiger partial charge in [0.1, 0.15) is 11.2 Å². The first kappa shape index (κ1) is 33.1. The number of benzene rings is 2. The van der Waals surface area contributed by atoms with Crippen LogP contribution in [0.3, 0.4) is 0 Å². The van der Waals surface area contributed by atoms with Gasteiger partial charge in [-0.15, -0.1) is 0 Å². The number of nitrogens with zero attached hydrogens (tertiary/aromatic N) is 3. The molecule has 0 fully saturated rings. The topological polar surface area (TPSA) is 158 Å². The largest absolute Gasteiger partial charge is 0.506 e. The van der Waals surface area contributed by atoms with Gasteiger partial charge in [0.05, 0.1) is 36.8 Å². The lowest BCUT2D eigenvalue weighted by Gasteiger charge is -2.35. The Morgan fingerprint density at radius 1 is 1.14 bits per heavy atom. The van der Waals surface area contributed by atoms with Crippen molar-refractivity contribution in [1.29, 1.82) is 0 Å². The molecule has 234 valence electrons. The summed E-state index contributed by atoms with van der Waals surface area (Å²) in [4.78, 5) is 57.1. The van der Waals surface area contributed by atoms with E-state index in [1.165, 1.54) is 38.0 Å². The van der Waals surface area contributed by atoms with Crippen molar-refractivity contribution in [1.82, 2.24) is 9.96 Å². The van der Waals surface area contributed by atoms with Crippen LogP contribution in [0.15, 0.2) is 36.4 Å². The normalized spacial score (nSPS) is 13.7. The van der Waals surface area contributed by atoms with Gasteiger partial charge in [-0.25, -0.2) is 9.86 Å². The number of amides is 2. The summed E-state index contributed by atoms with van der Waals surface area (Å²) in [5, 5.41) is 21.9. The molecule has 43 heavy (non-hydrogen) atoms. The molecule has 0 unspecified atom stereocenters. The third kappa shape index (κ3) is 8.34. The third-order valence-electron chi connectivity index (χ3n) is 6.57. The summed E-state index contributed by atoms with van der Waals surface area (Å²) < 4.78 is 16.1. The van der Waals surface area contributed by atoms with E-state index in [1.54, 1.807) is 45.0 Å². The second-order valence-corrected chi connectivity index (χ2v) is 11.7. The van der Waals surface area contributed by atoms with Crippen molar-refractivity contribution in [2.24, 2.45) is 0 Å². The number of carbonyl (C=O) groups excluding carboxylic acids is 2. The van der Waals surface area contributed by atoms with Gasteiger partial charge in [0.2, 0.25) is 5.91 Å². The quantitative estimate of drug-likeness (QED) is 0.176. The van der Waals surface area contributed by atoms with Gasteiger partial charge in [-0.2, -0.15) is 0 Å². The molecule has 1 aliphatic rings. The SMILES string of the molecule is CCOc1cc([C@@H](CCC(=O)N(CC(C)(C)OC(=O)O)OC(C)(C)C)N2Cc3cccc([N+](=O)[O-])c3C2=O)ccc1OC. The molecule has 1 heterocycles. The lowest BCUT2D eigenvalue weighted by Crippen LogP contribution is -2.47. The van der Waals surface area contributed by atoms with E-state index in [0.29, 0.717) is 29.2 Å². The van der Waals surface area contributed by atoms with Gasteiger partial charge >= 0.3 is 6.16 Å². The Kier molecular flexibility index (Phi) is 10.2. The van der Waals surface area contributed by atoms with E-state index in [1.807, 2.05) is 6.92 Å². The number of hydrogen-bond acceptors (Lipinski definition) is 9. The van der Waals surface area contributed by atoms with Gasteiger partial charge in [-0.1, -0.05) is 18.2 Å². The number of carboxylic acid groups (broad SMARTS) is 1. The fourth-order valence-corrected chi connectivity index (χ4v) is 4.94. The van der Waals surface area contributed by atoms with E-state index >= 15 is 0 Å². The van der Waals surface area contributed by atoms with Crippen molar-refractivity contribution in [3.63, 3.8) is 0 Å². The molecule has 0 saturated carbocycles. The molecule has 0 bridgehead atoms. The van der Waals surface area contributed by atoms with Crippen LogP contribution in [0.25, 0.3) is 0 Å². The molecule has 0 spiro atoms. The van der Waals surface area contributed by atoms with Crippen LogP contribution in [0.4, 0.5) is 10.5 Å². The smallest absolute Gasteiger partial charge is 0.493 e. The van der Waals surface area contributed by atoms with Gasteiger partial charge in [-0.3, -0.25) is 24.5 Å². The molecule has 1 atom stereocenters. The number of rotatable bonds is 13. The number of ether oxygens (including phenoxy) is 3. The van der Waals surface area contributed by atoms with Crippen molar-refractivity contribution < 1.29 is 43.5 Å². The van der Waals surface area contributed by atoms with Crippen LogP contribution in [0, 0.1) is 10.1 Å². The number of methoxy groups -OCH3 is 1. The summed E-state index contributed by atoms with van der Waals surface area (Å²) in [6.45, 7) is 10.4. The Hall–Kier alpha value is -4.39. The maximum atomic E-state index is 13.7. The summed E-state index contributed by atoms with van der Waals surface area (Å²) in [7, 11) is 1.51. The average Bonchev–Trinajstić information content (AvgIpc) is 3.23. The van der Waals surface area contributed by atoms with Crippen molar-refractivity contribution in [2.75, 3.05) is 20.3 Å². The molecule has 3 rings (SSSR count). The number of fused-ring (bicyclic) bond motifs is 1. The van der Waals surface area contributed by atoms with E-state index in [-0.39, 0.29) is 37.2 Å². The summed E-state index contributed by atoms with van der Waals surface area (Å²) in [6.07, 6.45) is -1.48. The summed E-state index contributed by atoms with van der Waals surface area (Å²) >= 11 is 0. The lowest BCUT2D eigenvalue weighted by molar-refractivity contribution is -0.385. The Bertz CT molecular complexity index is 1370. The molecule has 0 aliphatic carbocycles. The molecule has 2 aromatic carbocycles. The van der Waals surface area contributed by atoms with Crippen LogP contribution >= 0.6 is 0 Å². The summed E-state index contributed by atoms with van der Waals surface area (Å²) in [5.74, 6) is -0.0558. The number of nitro groups is 1. The number of nitro benzene ring substituents is 1. The maximum Gasteiger partial charge on any atom is 0.506 e. The molecule has 1 N–H and O–H groups in total. The minimum absolute atomic E-state index is 0.0210. The molecule has 0 aromatic heterocycles. The van der Waals surface area contributed by atoms with Crippen LogP contribution < -0.4 is 9.47 Å². The van der Waals surface area contributed by atoms with E-state index in [4.69, 9.17) is 24.2 Å². The van der Waals surface area contributed by atoms with Gasteiger partial charge in [0.25, 0.3) is 11.6 Å². The van der Waals surface area contributed by atoms with Gasteiger partial charge in [-0.05, 0) is 71.2 Å². The van der Waals surface area contributed by atoms with Crippen molar-refractivity contribution in [2.45, 2.75) is 78.2 Å². The zero-order valence-electron chi connectivity index (χ0n) is 25.5. The standard InChI is InChI=1S/C30H39N3O10/c1-8-41-24-16-19(12-14-23(24)40-7)21(31-17-20-10-9-11-22(33(38)39)26(20)27(31)35)13-15-25(34)32(43-29(2,3)4)18-30(5,6)42-28(36)37/h9-12,14,16,21H,8,13,15,17-18H2,1-7H3,(H,36,37)/t21-/m1/s1. The molecule has 0 saturated heterocycles. The summed E-state index contributed by atoms with van der Waals surface area (Å²) in [5.41, 5.74) is -1.18.